The fraction of sp³-hybridized carbons (Fsp3) is 0.333. The molecule has 1 N–H and O–H groups in total. The van der Waals surface area contributed by atoms with Gasteiger partial charge in [-0.1, -0.05) is 17.7 Å². The van der Waals surface area contributed by atoms with E-state index in [1.807, 2.05) is 49.4 Å². The summed E-state index contributed by atoms with van der Waals surface area (Å²) in [5.74, 6) is 1.44. The second kappa shape index (κ2) is 11.2. The molecule has 0 saturated carbocycles. The van der Waals surface area contributed by atoms with E-state index < -0.39 is 5.97 Å². The molecule has 0 unspecified atom stereocenters. The summed E-state index contributed by atoms with van der Waals surface area (Å²) >= 11 is 5.96. The molecule has 4 rings (SSSR count). The van der Waals surface area contributed by atoms with Crippen molar-refractivity contribution >= 4 is 23.3 Å². The number of aromatic nitrogens is 1. The van der Waals surface area contributed by atoms with Gasteiger partial charge in [0.2, 0.25) is 5.89 Å². The van der Waals surface area contributed by atoms with Crippen molar-refractivity contribution < 1.29 is 50.0 Å². The van der Waals surface area contributed by atoms with Crippen molar-refractivity contribution in [2.24, 2.45) is 0 Å². The number of oxazole rings is 1. The zero-order valence-corrected chi connectivity index (χ0v) is 21.2. The molecule has 1 aromatic heterocycles. The van der Waals surface area contributed by atoms with Gasteiger partial charge in [-0.15, -0.1) is 0 Å². The topological polar surface area (TPSA) is 75.8 Å². The minimum atomic E-state index is -0.777. The largest absolute Gasteiger partial charge is 1.00 e. The van der Waals surface area contributed by atoms with Crippen LogP contribution in [0.3, 0.4) is 0 Å². The number of carboxylic acids is 1. The number of carboxylic acid groups (broad SMARTS) is 1. The molecular formula is C24H26ClN2NaO4. The van der Waals surface area contributed by atoms with Crippen molar-refractivity contribution in [1.29, 1.82) is 0 Å². The summed E-state index contributed by atoms with van der Waals surface area (Å²) in [7, 11) is 0. The van der Waals surface area contributed by atoms with Gasteiger partial charge in [0.05, 0.1) is 18.7 Å². The van der Waals surface area contributed by atoms with Gasteiger partial charge in [0.15, 0.2) is 0 Å². The SMILES string of the molecule is Cc1oc(-c2ccc(Cl)cc2)nc1CCOc1cccc2c1CCCN2CCC(=O)O.[H-].[Na+]. The molecule has 0 radical (unpaired) electrons. The average Bonchev–Trinajstić information content (AvgIpc) is 3.13. The summed E-state index contributed by atoms with van der Waals surface area (Å²) in [5, 5.41) is 9.68. The van der Waals surface area contributed by atoms with Crippen molar-refractivity contribution in [2.75, 3.05) is 24.6 Å². The molecule has 0 saturated heterocycles. The zero-order valence-electron chi connectivity index (χ0n) is 19.4. The second-order valence-electron chi connectivity index (χ2n) is 7.62. The Morgan fingerprint density at radius 1 is 1.28 bits per heavy atom. The van der Waals surface area contributed by atoms with Gasteiger partial charge in [-0.2, -0.15) is 0 Å². The number of ether oxygens (including phenoxy) is 1. The molecule has 0 fully saturated rings. The van der Waals surface area contributed by atoms with E-state index in [1.165, 1.54) is 0 Å². The van der Waals surface area contributed by atoms with Crippen LogP contribution in [0.1, 0.15) is 31.3 Å². The maximum absolute atomic E-state index is 11.0. The normalized spacial score (nSPS) is 12.8. The number of nitrogens with zero attached hydrogens (tertiary/aromatic N) is 2. The molecular weight excluding hydrogens is 439 g/mol. The molecule has 1 aliphatic heterocycles. The molecule has 1 aliphatic rings. The van der Waals surface area contributed by atoms with Gasteiger partial charge in [-0.05, 0) is 56.2 Å². The predicted octanol–water partition coefficient (Wildman–Crippen LogP) is 2.27. The average molecular weight is 465 g/mol. The molecule has 2 heterocycles. The second-order valence-corrected chi connectivity index (χ2v) is 8.05. The van der Waals surface area contributed by atoms with Crippen LogP contribution in [-0.2, 0) is 17.6 Å². The molecule has 8 heteroatoms. The molecule has 6 nitrogen and oxygen atoms in total. The van der Waals surface area contributed by atoms with Crippen LogP contribution in [0, 0.1) is 6.92 Å². The number of hydrogen-bond acceptors (Lipinski definition) is 5. The van der Waals surface area contributed by atoms with Crippen molar-refractivity contribution in [3.05, 3.63) is 64.5 Å². The first kappa shape index (κ1) is 24.6. The van der Waals surface area contributed by atoms with Gasteiger partial charge in [-0.3, -0.25) is 4.79 Å². The summed E-state index contributed by atoms with van der Waals surface area (Å²) in [5.41, 5.74) is 3.99. The minimum Gasteiger partial charge on any atom is -1.00 e. The van der Waals surface area contributed by atoms with Crippen LogP contribution in [0.5, 0.6) is 5.75 Å². The summed E-state index contributed by atoms with van der Waals surface area (Å²) in [6.07, 6.45) is 2.68. The van der Waals surface area contributed by atoms with Crippen LogP contribution in [0.2, 0.25) is 5.02 Å². The van der Waals surface area contributed by atoms with Crippen molar-refractivity contribution in [1.82, 2.24) is 4.98 Å². The number of aliphatic carboxylic acids is 1. The maximum atomic E-state index is 11.0. The summed E-state index contributed by atoms with van der Waals surface area (Å²) in [6, 6.07) is 13.4. The van der Waals surface area contributed by atoms with Crippen LogP contribution >= 0.6 is 11.6 Å². The third-order valence-electron chi connectivity index (χ3n) is 5.48. The Hall–Kier alpha value is -1.99. The number of aryl methyl sites for hydroxylation is 1. The van der Waals surface area contributed by atoms with Gasteiger partial charge < -0.3 is 20.6 Å². The standard InChI is InChI=1S/C24H25ClN2O4.Na.H/c1-16-20(26-24(31-16)17-7-9-18(25)10-8-17)12-15-30-22-6-2-5-21-19(22)4-3-13-27(21)14-11-23(28)29;;/h2,5-10H,3-4,11-15H2,1H3,(H,28,29);;/q;+1;-1. The number of benzene rings is 2. The number of fused-ring (bicyclic) bond motifs is 1. The Morgan fingerprint density at radius 2 is 2.06 bits per heavy atom. The first-order valence-electron chi connectivity index (χ1n) is 10.4. The Kier molecular flexibility index (Phi) is 8.65. The Morgan fingerprint density at radius 3 is 2.81 bits per heavy atom. The van der Waals surface area contributed by atoms with E-state index in [0.717, 1.165) is 53.4 Å². The van der Waals surface area contributed by atoms with Gasteiger partial charge in [0.25, 0.3) is 0 Å². The Bertz CT molecular complexity index is 1070. The number of rotatable bonds is 8. The van der Waals surface area contributed by atoms with Crippen molar-refractivity contribution in [2.45, 2.75) is 32.6 Å². The number of halogens is 1. The van der Waals surface area contributed by atoms with E-state index in [-0.39, 0.29) is 37.4 Å². The monoisotopic (exact) mass is 464 g/mol. The van der Waals surface area contributed by atoms with Crippen LogP contribution < -0.4 is 39.2 Å². The van der Waals surface area contributed by atoms with Crippen LogP contribution in [0.25, 0.3) is 11.5 Å². The molecule has 3 aromatic rings. The summed E-state index contributed by atoms with van der Waals surface area (Å²) < 4.78 is 12.0. The quantitative estimate of drug-likeness (QED) is 0.515. The number of carbonyl (C=O) groups is 1. The van der Waals surface area contributed by atoms with Crippen LogP contribution in [-0.4, -0.2) is 35.8 Å². The van der Waals surface area contributed by atoms with E-state index in [4.69, 9.17) is 25.9 Å². The molecule has 164 valence electrons. The predicted molar refractivity (Wildman–Crippen MR) is 121 cm³/mol. The van der Waals surface area contributed by atoms with Crippen molar-refractivity contribution in [3.63, 3.8) is 0 Å². The fourth-order valence-corrected chi connectivity index (χ4v) is 4.03. The van der Waals surface area contributed by atoms with E-state index in [2.05, 4.69) is 9.88 Å². The molecule has 32 heavy (non-hydrogen) atoms. The molecule has 0 spiro atoms. The molecule has 0 amide bonds. The molecule has 2 aromatic carbocycles. The van der Waals surface area contributed by atoms with E-state index >= 15 is 0 Å². The smallest absolute Gasteiger partial charge is 1.00 e. The molecule has 0 bridgehead atoms. The Balaban J connectivity index is 0.00000193. The van der Waals surface area contributed by atoms with Gasteiger partial charge in [0, 0.05) is 41.3 Å². The van der Waals surface area contributed by atoms with E-state index in [0.29, 0.717) is 30.5 Å². The first-order chi connectivity index (χ1) is 15.0. The molecule has 0 atom stereocenters. The van der Waals surface area contributed by atoms with Crippen LogP contribution in [0.15, 0.2) is 46.9 Å². The van der Waals surface area contributed by atoms with Gasteiger partial charge in [0.1, 0.15) is 11.5 Å². The van der Waals surface area contributed by atoms with Gasteiger partial charge in [-0.25, -0.2) is 4.98 Å². The van der Waals surface area contributed by atoms with Crippen molar-refractivity contribution in [3.8, 4) is 17.2 Å². The minimum absolute atomic E-state index is 0. The van der Waals surface area contributed by atoms with E-state index in [9.17, 15) is 4.79 Å². The third-order valence-corrected chi connectivity index (χ3v) is 5.73. The fourth-order valence-electron chi connectivity index (χ4n) is 3.90. The number of hydrogen-bond donors (Lipinski definition) is 1. The number of anilines is 1. The first-order valence-corrected chi connectivity index (χ1v) is 10.8. The Labute approximate surface area is 216 Å². The summed E-state index contributed by atoms with van der Waals surface area (Å²) in [6.45, 7) is 3.78. The maximum Gasteiger partial charge on any atom is 1.00 e. The van der Waals surface area contributed by atoms with E-state index in [1.54, 1.807) is 0 Å². The molecule has 0 aliphatic carbocycles. The third kappa shape index (κ3) is 5.87. The van der Waals surface area contributed by atoms with Crippen LogP contribution in [0.4, 0.5) is 5.69 Å². The summed E-state index contributed by atoms with van der Waals surface area (Å²) in [4.78, 5) is 17.7. The zero-order chi connectivity index (χ0) is 21.8. The van der Waals surface area contributed by atoms with Gasteiger partial charge >= 0.3 is 35.5 Å².